The Bertz CT molecular complexity index is 752. The van der Waals surface area contributed by atoms with Crippen molar-refractivity contribution in [2.24, 2.45) is 0 Å². The summed E-state index contributed by atoms with van der Waals surface area (Å²) in [6, 6.07) is 4.51. The number of carbonyl (C=O) groups is 2. The van der Waals surface area contributed by atoms with Gasteiger partial charge in [0.15, 0.2) is 9.84 Å². The zero-order valence-electron chi connectivity index (χ0n) is 13.7. The van der Waals surface area contributed by atoms with Crippen molar-refractivity contribution < 1.29 is 27.9 Å². The Morgan fingerprint density at radius 2 is 2.00 bits per heavy atom. The van der Waals surface area contributed by atoms with E-state index in [4.69, 9.17) is 9.84 Å². The molecule has 0 bridgehead atoms. The highest BCUT2D eigenvalue weighted by atomic mass is 32.2. The van der Waals surface area contributed by atoms with Gasteiger partial charge in [0.1, 0.15) is 10.5 Å². The van der Waals surface area contributed by atoms with E-state index in [0.29, 0.717) is 25.0 Å². The number of carbonyl (C=O) groups excluding carboxylic acids is 1. The maximum Gasteiger partial charge on any atom is 0.335 e. The van der Waals surface area contributed by atoms with E-state index in [1.807, 2.05) is 0 Å². The van der Waals surface area contributed by atoms with Crippen molar-refractivity contribution in [1.29, 1.82) is 0 Å². The van der Waals surface area contributed by atoms with Crippen molar-refractivity contribution in [3.8, 4) is 5.75 Å². The molecular formula is C16H21NO6S. The van der Waals surface area contributed by atoms with Crippen molar-refractivity contribution in [2.75, 3.05) is 19.9 Å². The minimum Gasteiger partial charge on any atom is -0.496 e. The van der Waals surface area contributed by atoms with Gasteiger partial charge in [0.2, 0.25) is 5.91 Å². The molecule has 0 unspecified atom stereocenters. The molecule has 0 saturated heterocycles. The normalized spacial score (nSPS) is 16.1. The monoisotopic (exact) mass is 355 g/mol. The molecule has 0 heterocycles. The van der Waals surface area contributed by atoms with Gasteiger partial charge in [0.25, 0.3) is 0 Å². The number of amides is 1. The van der Waals surface area contributed by atoms with Crippen LogP contribution in [0.4, 0.5) is 0 Å². The molecule has 0 spiro atoms. The third-order valence-electron chi connectivity index (χ3n) is 4.50. The fraction of sp³-hybridized carbons (Fsp3) is 0.500. The maximum absolute atomic E-state index is 12.3. The SMILES string of the molecule is COc1cc(C(=O)O)ccc1CCNC(=O)C1(S(C)(=O)=O)CCC1. The number of hydrogen-bond acceptors (Lipinski definition) is 5. The maximum atomic E-state index is 12.3. The van der Waals surface area contributed by atoms with Gasteiger partial charge in [-0.05, 0) is 43.4 Å². The number of methoxy groups -OCH3 is 1. The molecule has 1 amide bonds. The average Bonchev–Trinajstić information content (AvgIpc) is 2.44. The van der Waals surface area contributed by atoms with E-state index < -0.39 is 26.5 Å². The van der Waals surface area contributed by atoms with Gasteiger partial charge in [0, 0.05) is 12.8 Å². The first-order valence-electron chi connectivity index (χ1n) is 7.59. The highest BCUT2D eigenvalue weighted by Crippen LogP contribution is 2.39. The molecule has 0 aliphatic heterocycles. The molecule has 1 aromatic carbocycles. The molecular weight excluding hydrogens is 334 g/mol. The molecule has 0 atom stereocenters. The zero-order valence-corrected chi connectivity index (χ0v) is 14.5. The molecule has 2 rings (SSSR count). The second-order valence-electron chi connectivity index (χ2n) is 5.96. The van der Waals surface area contributed by atoms with Crippen LogP contribution in [-0.4, -0.2) is 50.1 Å². The Hall–Kier alpha value is -2.09. The molecule has 0 aromatic heterocycles. The Morgan fingerprint density at radius 1 is 1.33 bits per heavy atom. The molecule has 24 heavy (non-hydrogen) atoms. The number of hydrogen-bond donors (Lipinski definition) is 2. The third-order valence-corrected chi connectivity index (χ3v) is 6.51. The van der Waals surface area contributed by atoms with Crippen molar-refractivity contribution in [2.45, 2.75) is 30.4 Å². The van der Waals surface area contributed by atoms with Gasteiger partial charge in [-0.15, -0.1) is 0 Å². The van der Waals surface area contributed by atoms with Gasteiger partial charge in [-0.1, -0.05) is 6.07 Å². The summed E-state index contributed by atoms with van der Waals surface area (Å²) in [6.07, 6.45) is 2.95. The molecule has 0 radical (unpaired) electrons. The summed E-state index contributed by atoms with van der Waals surface area (Å²) in [7, 11) is -2.01. The van der Waals surface area contributed by atoms with Gasteiger partial charge >= 0.3 is 5.97 Å². The highest BCUT2D eigenvalue weighted by molar-refractivity contribution is 7.93. The number of benzene rings is 1. The van der Waals surface area contributed by atoms with Gasteiger partial charge in [-0.2, -0.15) is 0 Å². The molecule has 1 aliphatic rings. The van der Waals surface area contributed by atoms with E-state index in [0.717, 1.165) is 18.2 Å². The number of sulfone groups is 1. The van der Waals surface area contributed by atoms with Gasteiger partial charge < -0.3 is 15.2 Å². The van der Waals surface area contributed by atoms with E-state index in [-0.39, 0.29) is 12.1 Å². The number of nitrogens with one attached hydrogen (secondary N) is 1. The second-order valence-corrected chi connectivity index (χ2v) is 8.28. The summed E-state index contributed by atoms with van der Waals surface area (Å²) in [5.41, 5.74) is 0.856. The number of carboxylic acid groups (broad SMARTS) is 1. The summed E-state index contributed by atoms with van der Waals surface area (Å²) in [5, 5.41) is 11.7. The van der Waals surface area contributed by atoms with Gasteiger partial charge in [0.05, 0.1) is 12.7 Å². The summed E-state index contributed by atoms with van der Waals surface area (Å²) < 4.78 is 27.6. The van der Waals surface area contributed by atoms with Crippen molar-refractivity contribution >= 4 is 21.7 Å². The predicted molar refractivity (Wildman–Crippen MR) is 88.1 cm³/mol. The van der Waals surface area contributed by atoms with E-state index >= 15 is 0 Å². The van der Waals surface area contributed by atoms with Crippen LogP contribution in [0.1, 0.15) is 35.2 Å². The minimum absolute atomic E-state index is 0.116. The van der Waals surface area contributed by atoms with Crippen LogP contribution >= 0.6 is 0 Å². The third kappa shape index (κ3) is 3.38. The Kier molecular flexibility index (Phi) is 5.17. The van der Waals surface area contributed by atoms with Crippen LogP contribution in [0.3, 0.4) is 0 Å². The Labute approximate surface area is 140 Å². The van der Waals surface area contributed by atoms with Crippen molar-refractivity contribution in [1.82, 2.24) is 5.32 Å². The lowest BCUT2D eigenvalue weighted by atomic mass is 9.83. The second kappa shape index (κ2) is 6.80. The quantitative estimate of drug-likeness (QED) is 0.756. The topological polar surface area (TPSA) is 110 Å². The predicted octanol–water partition coefficient (Wildman–Crippen LogP) is 1.02. The molecule has 1 aromatic rings. The van der Waals surface area contributed by atoms with Crippen LogP contribution in [0.5, 0.6) is 5.75 Å². The molecule has 7 nitrogen and oxygen atoms in total. The number of rotatable bonds is 7. The molecule has 1 aliphatic carbocycles. The van der Waals surface area contributed by atoms with Crippen LogP contribution in [-0.2, 0) is 21.1 Å². The van der Waals surface area contributed by atoms with Gasteiger partial charge in [-0.3, -0.25) is 4.79 Å². The Balaban J connectivity index is 2.02. The first-order chi connectivity index (χ1) is 11.2. The summed E-state index contributed by atoms with van der Waals surface area (Å²) >= 11 is 0. The fourth-order valence-corrected chi connectivity index (χ4v) is 4.26. The minimum atomic E-state index is -3.45. The number of aromatic carboxylic acids is 1. The summed E-state index contributed by atoms with van der Waals surface area (Å²) in [5.74, 6) is -1.09. The van der Waals surface area contributed by atoms with Crippen molar-refractivity contribution in [3.63, 3.8) is 0 Å². The number of ether oxygens (including phenoxy) is 1. The lowest BCUT2D eigenvalue weighted by Crippen LogP contribution is -2.56. The largest absolute Gasteiger partial charge is 0.496 e. The van der Waals surface area contributed by atoms with E-state index in [1.165, 1.54) is 19.2 Å². The fourth-order valence-electron chi connectivity index (χ4n) is 2.82. The van der Waals surface area contributed by atoms with E-state index in [9.17, 15) is 18.0 Å². The smallest absolute Gasteiger partial charge is 0.335 e. The van der Waals surface area contributed by atoms with Crippen molar-refractivity contribution in [3.05, 3.63) is 29.3 Å². The van der Waals surface area contributed by atoms with Crippen LogP contribution < -0.4 is 10.1 Å². The van der Waals surface area contributed by atoms with E-state index in [1.54, 1.807) is 6.07 Å². The zero-order chi connectivity index (χ0) is 18.0. The number of carboxylic acids is 1. The summed E-state index contributed by atoms with van der Waals surface area (Å²) in [4.78, 5) is 23.2. The molecule has 1 fully saturated rings. The van der Waals surface area contributed by atoms with E-state index in [2.05, 4.69) is 5.32 Å². The average molecular weight is 355 g/mol. The van der Waals surface area contributed by atoms with Gasteiger partial charge in [-0.25, -0.2) is 13.2 Å². The first-order valence-corrected chi connectivity index (χ1v) is 9.48. The highest BCUT2D eigenvalue weighted by Gasteiger charge is 2.52. The van der Waals surface area contributed by atoms with Crippen LogP contribution in [0.25, 0.3) is 0 Å². The van der Waals surface area contributed by atoms with Crippen LogP contribution in [0.2, 0.25) is 0 Å². The molecule has 1 saturated carbocycles. The lowest BCUT2D eigenvalue weighted by molar-refractivity contribution is -0.125. The first kappa shape index (κ1) is 18.3. The van der Waals surface area contributed by atoms with Crippen LogP contribution in [0, 0.1) is 0 Å². The molecule has 132 valence electrons. The lowest BCUT2D eigenvalue weighted by Gasteiger charge is -2.38. The summed E-state index contributed by atoms with van der Waals surface area (Å²) in [6.45, 7) is 0.249. The molecule has 2 N–H and O–H groups in total. The Morgan fingerprint density at radius 3 is 2.46 bits per heavy atom. The standard InChI is InChI=1S/C16H21NO6S/c1-23-13-10-12(14(18)19)5-4-11(13)6-9-17-15(20)16(7-3-8-16)24(2,21)22/h4-5,10H,3,6-9H2,1-2H3,(H,17,20)(H,18,19). The van der Waals surface area contributed by atoms with Crippen LogP contribution in [0.15, 0.2) is 18.2 Å². The molecule has 8 heteroatoms.